The number of nitrogens with one attached hydrogen (secondary N) is 2. The van der Waals surface area contributed by atoms with Crippen LogP contribution in [-0.2, 0) is 19.1 Å². The van der Waals surface area contributed by atoms with E-state index in [1.54, 1.807) is 20.8 Å². The fraction of sp³-hybridized carbons (Fsp3) is 0.542. The summed E-state index contributed by atoms with van der Waals surface area (Å²) >= 11 is 0. The van der Waals surface area contributed by atoms with Crippen molar-refractivity contribution in [3.05, 3.63) is 35.6 Å². The number of hydrogen-bond donors (Lipinski definition) is 5. The molecule has 1 aliphatic heterocycles. The minimum Gasteiger partial charge on any atom is -0.480 e. The Kier molecular flexibility index (Phi) is 10.2. The first-order chi connectivity index (χ1) is 17.3. The number of ether oxygens (including phenoxy) is 1. The quantitative estimate of drug-likeness (QED) is 0.171. The normalized spacial score (nSPS) is 16.9. The van der Waals surface area contributed by atoms with Crippen molar-refractivity contribution in [3.8, 4) is 0 Å². The molecule has 37 heavy (non-hydrogen) atoms. The molecule has 0 spiro atoms. The summed E-state index contributed by atoms with van der Waals surface area (Å²) in [6, 6.07) is 1.62. The van der Waals surface area contributed by atoms with E-state index in [9.17, 15) is 28.7 Å². The van der Waals surface area contributed by atoms with Gasteiger partial charge >= 0.3 is 12.1 Å². The van der Waals surface area contributed by atoms with Gasteiger partial charge in [0.25, 0.3) is 5.91 Å². The molecule has 13 heteroatoms. The maximum absolute atomic E-state index is 13.6. The van der Waals surface area contributed by atoms with Crippen molar-refractivity contribution in [3.63, 3.8) is 0 Å². The molecule has 2 rings (SSSR count). The molecule has 1 aromatic carbocycles. The topological polar surface area (TPSA) is 189 Å². The molecule has 204 valence electrons. The van der Waals surface area contributed by atoms with Gasteiger partial charge in [-0.25, -0.2) is 14.0 Å². The molecule has 1 heterocycles. The van der Waals surface area contributed by atoms with Crippen LogP contribution < -0.4 is 22.1 Å². The fourth-order valence-corrected chi connectivity index (χ4v) is 3.87. The van der Waals surface area contributed by atoms with Crippen LogP contribution in [0.15, 0.2) is 29.3 Å². The zero-order chi connectivity index (χ0) is 27.8. The second kappa shape index (κ2) is 12.9. The van der Waals surface area contributed by atoms with E-state index in [1.165, 1.54) is 17.0 Å². The average Bonchev–Trinajstić information content (AvgIpc) is 3.28. The summed E-state index contributed by atoms with van der Waals surface area (Å²) in [7, 11) is 0. The standard InChI is InChI=1S/C24H35FN6O6/c1-24(2,3)37-23(36)30-18(14-8-10-15(25)11-9-14)20(33)31-13-5-7-17(31)19(32)29-16(21(34)35)6-4-12-28-22(26)27/h8-11,16-18H,4-7,12-13H2,1-3H3,(H,29,32)(H,30,36)(H,34,35)(H4,26,27,28)/t16-,17-,18+/m0/s1. The van der Waals surface area contributed by atoms with Gasteiger partial charge in [-0.2, -0.15) is 0 Å². The molecule has 0 aliphatic carbocycles. The number of aliphatic imine (C=N–C) groups is 1. The molecule has 1 aromatic rings. The fourth-order valence-electron chi connectivity index (χ4n) is 3.87. The molecule has 0 bridgehead atoms. The predicted molar refractivity (Wildman–Crippen MR) is 133 cm³/mol. The molecule has 0 unspecified atom stereocenters. The Bertz CT molecular complexity index is 1010. The Morgan fingerprint density at radius 3 is 2.41 bits per heavy atom. The van der Waals surface area contributed by atoms with E-state index in [1.807, 2.05) is 0 Å². The third kappa shape index (κ3) is 9.24. The van der Waals surface area contributed by atoms with Crippen molar-refractivity contribution in [2.24, 2.45) is 16.5 Å². The van der Waals surface area contributed by atoms with Crippen LogP contribution in [-0.4, -0.2) is 70.6 Å². The van der Waals surface area contributed by atoms with Crippen molar-refractivity contribution >= 4 is 29.8 Å². The third-order valence-electron chi connectivity index (χ3n) is 5.51. The number of carbonyl (C=O) groups is 4. The molecule has 12 nitrogen and oxygen atoms in total. The Hall–Kier alpha value is -3.90. The lowest BCUT2D eigenvalue weighted by Gasteiger charge is -2.30. The summed E-state index contributed by atoms with van der Waals surface area (Å²) in [5, 5.41) is 14.5. The van der Waals surface area contributed by atoms with E-state index < -0.39 is 53.4 Å². The highest BCUT2D eigenvalue weighted by atomic mass is 19.1. The number of nitrogens with zero attached hydrogens (tertiary/aromatic N) is 2. The van der Waals surface area contributed by atoms with Crippen LogP contribution in [0.2, 0.25) is 0 Å². The highest BCUT2D eigenvalue weighted by molar-refractivity contribution is 5.93. The first kappa shape index (κ1) is 29.3. The lowest BCUT2D eigenvalue weighted by Crippen LogP contribution is -2.53. The van der Waals surface area contributed by atoms with Gasteiger partial charge in [-0.3, -0.25) is 14.6 Å². The second-order valence-corrected chi connectivity index (χ2v) is 9.67. The zero-order valence-electron chi connectivity index (χ0n) is 21.2. The number of carbonyl (C=O) groups excluding carboxylic acids is 3. The summed E-state index contributed by atoms with van der Waals surface area (Å²) in [6.45, 7) is 5.41. The van der Waals surface area contributed by atoms with Crippen LogP contribution >= 0.6 is 0 Å². The van der Waals surface area contributed by atoms with Crippen molar-refractivity contribution in [1.82, 2.24) is 15.5 Å². The molecule has 3 atom stereocenters. The average molecular weight is 523 g/mol. The molecule has 1 aliphatic rings. The monoisotopic (exact) mass is 522 g/mol. The molecule has 1 saturated heterocycles. The van der Waals surface area contributed by atoms with Gasteiger partial charge in [0, 0.05) is 13.1 Å². The number of carboxylic acids is 1. The van der Waals surface area contributed by atoms with Crippen LogP contribution in [0.25, 0.3) is 0 Å². The largest absolute Gasteiger partial charge is 0.480 e. The number of guanidine groups is 1. The van der Waals surface area contributed by atoms with Crippen LogP contribution in [0.4, 0.5) is 9.18 Å². The van der Waals surface area contributed by atoms with E-state index in [4.69, 9.17) is 16.2 Å². The maximum atomic E-state index is 13.6. The summed E-state index contributed by atoms with van der Waals surface area (Å²) in [6.07, 6.45) is 0.336. The second-order valence-electron chi connectivity index (χ2n) is 9.67. The molecular formula is C24H35FN6O6. The van der Waals surface area contributed by atoms with Crippen LogP contribution in [0.5, 0.6) is 0 Å². The Morgan fingerprint density at radius 1 is 1.19 bits per heavy atom. The molecular weight excluding hydrogens is 487 g/mol. The van der Waals surface area contributed by atoms with E-state index in [0.29, 0.717) is 24.8 Å². The summed E-state index contributed by atoms with van der Waals surface area (Å²) in [5.74, 6) is -3.11. The first-order valence-corrected chi connectivity index (χ1v) is 11.9. The summed E-state index contributed by atoms with van der Waals surface area (Å²) in [4.78, 5) is 55.8. The molecule has 0 aromatic heterocycles. The molecule has 0 radical (unpaired) electrons. The van der Waals surface area contributed by atoms with Gasteiger partial charge < -0.3 is 36.8 Å². The van der Waals surface area contributed by atoms with Crippen molar-refractivity contribution < 1.29 is 33.4 Å². The van der Waals surface area contributed by atoms with Gasteiger partial charge in [-0.15, -0.1) is 0 Å². The minimum absolute atomic E-state index is 0.0803. The number of aliphatic carboxylic acids is 1. The zero-order valence-corrected chi connectivity index (χ0v) is 21.2. The number of alkyl carbamates (subject to hydrolysis) is 1. The molecule has 7 N–H and O–H groups in total. The highest BCUT2D eigenvalue weighted by Crippen LogP contribution is 2.25. The first-order valence-electron chi connectivity index (χ1n) is 11.9. The number of halogens is 1. The van der Waals surface area contributed by atoms with E-state index in [2.05, 4.69) is 15.6 Å². The SMILES string of the molecule is CC(C)(C)OC(=O)N[C@@H](C(=O)N1CCC[C@H]1C(=O)N[C@@H](CCCN=C(N)N)C(=O)O)c1ccc(F)cc1. The highest BCUT2D eigenvalue weighted by Gasteiger charge is 2.39. The minimum atomic E-state index is -1.25. The van der Waals surface area contributed by atoms with Gasteiger partial charge in [0.1, 0.15) is 29.5 Å². The number of hydrogen-bond acceptors (Lipinski definition) is 6. The van der Waals surface area contributed by atoms with Crippen LogP contribution in [0, 0.1) is 5.82 Å². The number of rotatable bonds is 10. The lowest BCUT2D eigenvalue weighted by atomic mass is 10.0. The maximum Gasteiger partial charge on any atom is 0.408 e. The summed E-state index contributed by atoms with van der Waals surface area (Å²) in [5.41, 5.74) is 9.99. The lowest BCUT2D eigenvalue weighted by molar-refractivity contribution is -0.144. The smallest absolute Gasteiger partial charge is 0.408 e. The third-order valence-corrected chi connectivity index (χ3v) is 5.51. The summed E-state index contributed by atoms with van der Waals surface area (Å²) < 4.78 is 18.8. The number of amides is 3. The number of carboxylic acid groups (broad SMARTS) is 1. The van der Waals surface area contributed by atoms with Crippen molar-refractivity contribution in [2.45, 2.75) is 70.2 Å². The number of likely N-dealkylation sites (tertiary alicyclic amines) is 1. The van der Waals surface area contributed by atoms with Gasteiger partial charge in [0.2, 0.25) is 5.91 Å². The van der Waals surface area contributed by atoms with Gasteiger partial charge in [-0.1, -0.05) is 12.1 Å². The van der Waals surface area contributed by atoms with Gasteiger partial charge in [0.05, 0.1) is 0 Å². The predicted octanol–water partition coefficient (Wildman–Crippen LogP) is 1.01. The van der Waals surface area contributed by atoms with Crippen molar-refractivity contribution in [2.75, 3.05) is 13.1 Å². The Labute approximate surface area is 214 Å². The molecule has 0 saturated carbocycles. The van der Waals surface area contributed by atoms with Crippen molar-refractivity contribution in [1.29, 1.82) is 0 Å². The van der Waals surface area contributed by atoms with Gasteiger partial charge in [-0.05, 0) is 64.2 Å². The number of nitrogens with two attached hydrogens (primary N) is 2. The van der Waals surface area contributed by atoms with E-state index >= 15 is 0 Å². The van der Waals surface area contributed by atoms with Crippen LogP contribution in [0.3, 0.4) is 0 Å². The molecule has 1 fully saturated rings. The molecule has 3 amide bonds. The van der Waals surface area contributed by atoms with Crippen LogP contribution in [0.1, 0.15) is 58.1 Å². The Morgan fingerprint density at radius 2 is 1.84 bits per heavy atom. The Balaban J connectivity index is 2.19. The van der Waals surface area contributed by atoms with E-state index in [0.717, 1.165) is 12.1 Å². The van der Waals surface area contributed by atoms with Gasteiger partial charge in [0.15, 0.2) is 5.96 Å². The van der Waals surface area contributed by atoms with E-state index in [-0.39, 0.29) is 25.5 Å². The number of benzene rings is 1.